The number of H-pyrrole nitrogens is 1. The van der Waals surface area contributed by atoms with Gasteiger partial charge in [0.1, 0.15) is 11.6 Å². The summed E-state index contributed by atoms with van der Waals surface area (Å²) in [6, 6.07) is 11.8. The number of aryl methyl sites for hydroxylation is 2. The molecule has 2 N–H and O–H groups in total. The van der Waals surface area contributed by atoms with Gasteiger partial charge in [-0.2, -0.15) is 0 Å². The smallest absolute Gasteiger partial charge is 0.252 e. The molecule has 0 aliphatic heterocycles. The van der Waals surface area contributed by atoms with E-state index in [-0.39, 0.29) is 5.56 Å². The molecule has 0 aliphatic carbocycles. The summed E-state index contributed by atoms with van der Waals surface area (Å²) in [5.41, 5.74) is 1.21. The minimum atomic E-state index is -0.118. The molecule has 4 heteroatoms. The zero-order valence-corrected chi connectivity index (χ0v) is 10.4. The Balaban J connectivity index is 1.80. The number of aromatic nitrogens is 2. The molecule has 0 aliphatic rings. The molecule has 2 rings (SSSR count). The molecule has 1 aromatic heterocycles. The Morgan fingerprint density at radius 2 is 2.06 bits per heavy atom. The number of rotatable bonds is 5. The van der Waals surface area contributed by atoms with E-state index >= 15 is 0 Å². The molecule has 18 heavy (non-hydrogen) atoms. The average molecular weight is 243 g/mol. The zero-order valence-electron chi connectivity index (χ0n) is 10.4. The van der Waals surface area contributed by atoms with Crippen LogP contribution in [-0.4, -0.2) is 16.5 Å². The molecule has 0 fully saturated rings. The Kier molecular flexibility index (Phi) is 4.12. The first-order chi connectivity index (χ1) is 8.74. The van der Waals surface area contributed by atoms with Crippen LogP contribution in [0.1, 0.15) is 17.8 Å². The third-order valence-corrected chi connectivity index (χ3v) is 2.65. The second-order valence-electron chi connectivity index (χ2n) is 4.23. The van der Waals surface area contributed by atoms with Gasteiger partial charge in [0.05, 0.1) is 0 Å². The second-order valence-corrected chi connectivity index (χ2v) is 4.23. The van der Waals surface area contributed by atoms with Crippen LogP contribution in [0.4, 0.5) is 5.82 Å². The maximum Gasteiger partial charge on any atom is 0.252 e. The van der Waals surface area contributed by atoms with Crippen molar-refractivity contribution in [2.45, 2.75) is 19.8 Å². The van der Waals surface area contributed by atoms with E-state index in [1.54, 1.807) is 6.92 Å². The van der Waals surface area contributed by atoms with Gasteiger partial charge in [0.15, 0.2) is 0 Å². The van der Waals surface area contributed by atoms with Crippen LogP contribution in [0.5, 0.6) is 0 Å². The topological polar surface area (TPSA) is 57.8 Å². The summed E-state index contributed by atoms with van der Waals surface area (Å²) in [5, 5.41) is 3.17. The Morgan fingerprint density at radius 1 is 1.28 bits per heavy atom. The van der Waals surface area contributed by atoms with E-state index in [4.69, 9.17) is 0 Å². The van der Waals surface area contributed by atoms with Gasteiger partial charge in [-0.05, 0) is 25.3 Å². The van der Waals surface area contributed by atoms with Crippen LogP contribution < -0.4 is 10.9 Å². The summed E-state index contributed by atoms with van der Waals surface area (Å²) in [7, 11) is 0. The van der Waals surface area contributed by atoms with Gasteiger partial charge in [-0.1, -0.05) is 30.3 Å². The van der Waals surface area contributed by atoms with Crippen LogP contribution in [0.25, 0.3) is 0 Å². The summed E-state index contributed by atoms with van der Waals surface area (Å²) >= 11 is 0. The summed E-state index contributed by atoms with van der Waals surface area (Å²) in [4.78, 5) is 18.1. The number of anilines is 1. The van der Waals surface area contributed by atoms with Gasteiger partial charge in [-0.25, -0.2) is 4.98 Å². The monoisotopic (exact) mass is 243 g/mol. The van der Waals surface area contributed by atoms with Crippen molar-refractivity contribution in [1.29, 1.82) is 0 Å². The van der Waals surface area contributed by atoms with Gasteiger partial charge in [0, 0.05) is 12.6 Å². The maximum absolute atomic E-state index is 11.2. The third-order valence-electron chi connectivity index (χ3n) is 2.65. The van der Waals surface area contributed by atoms with Crippen molar-refractivity contribution in [2.75, 3.05) is 11.9 Å². The lowest BCUT2D eigenvalue weighted by atomic mass is 10.1. The molecule has 2 aromatic rings. The Morgan fingerprint density at radius 3 is 2.78 bits per heavy atom. The number of hydrogen-bond acceptors (Lipinski definition) is 3. The highest BCUT2D eigenvalue weighted by Gasteiger charge is 1.97. The predicted molar refractivity (Wildman–Crippen MR) is 72.8 cm³/mol. The molecule has 1 aromatic carbocycles. The lowest BCUT2D eigenvalue weighted by Gasteiger charge is -2.05. The van der Waals surface area contributed by atoms with E-state index in [1.807, 2.05) is 18.2 Å². The number of aromatic amines is 1. The van der Waals surface area contributed by atoms with Gasteiger partial charge >= 0.3 is 0 Å². The fourth-order valence-corrected chi connectivity index (χ4v) is 1.82. The number of nitrogens with zero attached hydrogens (tertiary/aromatic N) is 1. The Labute approximate surface area is 106 Å². The molecule has 0 unspecified atom stereocenters. The zero-order chi connectivity index (χ0) is 12.8. The van der Waals surface area contributed by atoms with Crippen molar-refractivity contribution < 1.29 is 0 Å². The predicted octanol–water partition coefficient (Wildman–Crippen LogP) is 2.12. The summed E-state index contributed by atoms with van der Waals surface area (Å²) < 4.78 is 0. The molecule has 0 spiro atoms. The molecule has 1 heterocycles. The van der Waals surface area contributed by atoms with Crippen LogP contribution in [0.2, 0.25) is 0 Å². The van der Waals surface area contributed by atoms with Gasteiger partial charge in [-0.15, -0.1) is 0 Å². The molecular formula is C14H17N3O. The highest BCUT2D eigenvalue weighted by molar-refractivity contribution is 5.32. The first-order valence-corrected chi connectivity index (χ1v) is 6.10. The summed E-state index contributed by atoms with van der Waals surface area (Å²) in [6.07, 6.45) is 2.04. The third kappa shape index (κ3) is 3.73. The van der Waals surface area contributed by atoms with Crippen molar-refractivity contribution in [3.05, 3.63) is 58.1 Å². The maximum atomic E-state index is 11.2. The molecule has 94 valence electrons. The number of nitrogens with one attached hydrogen (secondary N) is 2. The Bertz CT molecular complexity index is 548. The first kappa shape index (κ1) is 12.4. The number of hydrogen-bond donors (Lipinski definition) is 2. The van der Waals surface area contributed by atoms with E-state index in [0.29, 0.717) is 11.6 Å². The second kappa shape index (κ2) is 6.00. The normalized spacial score (nSPS) is 10.3. The molecule has 0 radical (unpaired) electrons. The molecule has 0 saturated carbocycles. The molecule has 0 saturated heterocycles. The quantitative estimate of drug-likeness (QED) is 0.791. The van der Waals surface area contributed by atoms with Gasteiger partial charge < -0.3 is 10.3 Å². The first-order valence-electron chi connectivity index (χ1n) is 6.10. The van der Waals surface area contributed by atoms with Crippen molar-refractivity contribution in [1.82, 2.24) is 9.97 Å². The molecule has 0 atom stereocenters. The van der Waals surface area contributed by atoms with Crippen molar-refractivity contribution in [2.24, 2.45) is 0 Å². The number of benzene rings is 1. The van der Waals surface area contributed by atoms with E-state index in [0.717, 1.165) is 19.4 Å². The van der Waals surface area contributed by atoms with Gasteiger partial charge in [0.25, 0.3) is 5.56 Å². The summed E-state index contributed by atoms with van der Waals surface area (Å²) in [5.74, 6) is 1.28. The lowest BCUT2D eigenvalue weighted by molar-refractivity contribution is 0.854. The summed E-state index contributed by atoms with van der Waals surface area (Å²) in [6.45, 7) is 2.58. The fraction of sp³-hybridized carbons (Fsp3) is 0.286. The van der Waals surface area contributed by atoms with Crippen LogP contribution in [-0.2, 0) is 6.42 Å². The van der Waals surface area contributed by atoms with E-state index in [1.165, 1.54) is 11.6 Å². The van der Waals surface area contributed by atoms with Crippen LogP contribution >= 0.6 is 0 Å². The van der Waals surface area contributed by atoms with Crippen LogP contribution in [0.15, 0.2) is 41.2 Å². The molecule has 0 bridgehead atoms. The minimum absolute atomic E-state index is 0.118. The SMILES string of the molecule is Cc1nc(NCCCc2ccccc2)cc(=O)[nH]1. The lowest BCUT2D eigenvalue weighted by Crippen LogP contribution is -2.12. The molecular weight excluding hydrogens is 226 g/mol. The van der Waals surface area contributed by atoms with Crippen molar-refractivity contribution in [3.63, 3.8) is 0 Å². The average Bonchev–Trinajstić information content (AvgIpc) is 2.35. The highest BCUT2D eigenvalue weighted by Crippen LogP contribution is 2.03. The molecule has 0 amide bonds. The van der Waals surface area contributed by atoms with Gasteiger partial charge in [0.2, 0.25) is 0 Å². The molecule has 4 nitrogen and oxygen atoms in total. The van der Waals surface area contributed by atoms with Gasteiger partial charge in [-0.3, -0.25) is 4.79 Å². The Hall–Kier alpha value is -2.10. The minimum Gasteiger partial charge on any atom is -0.370 e. The standard InChI is InChI=1S/C14H17N3O/c1-11-16-13(10-14(18)17-11)15-9-5-8-12-6-3-2-4-7-12/h2-4,6-7,10H,5,8-9H2,1H3,(H2,15,16,17,18). The van der Waals surface area contributed by atoms with E-state index < -0.39 is 0 Å². The van der Waals surface area contributed by atoms with E-state index in [9.17, 15) is 4.79 Å². The van der Waals surface area contributed by atoms with E-state index in [2.05, 4.69) is 27.4 Å². The van der Waals surface area contributed by atoms with Crippen molar-refractivity contribution in [3.8, 4) is 0 Å². The largest absolute Gasteiger partial charge is 0.370 e. The van der Waals surface area contributed by atoms with Crippen molar-refractivity contribution >= 4 is 5.82 Å². The fourth-order valence-electron chi connectivity index (χ4n) is 1.82. The van der Waals surface area contributed by atoms with Crippen LogP contribution in [0, 0.1) is 6.92 Å². The van der Waals surface area contributed by atoms with Crippen LogP contribution in [0.3, 0.4) is 0 Å². The highest BCUT2D eigenvalue weighted by atomic mass is 16.1.